The minimum Gasteiger partial charge on any atom is -0.392 e. The van der Waals surface area contributed by atoms with E-state index in [4.69, 9.17) is 4.42 Å². The number of aromatic nitrogens is 2. The molecule has 1 saturated carbocycles. The molecule has 0 amide bonds. The van der Waals surface area contributed by atoms with Crippen molar-refractivity contribution in [1.82, 2.24) is 10.2 Å². The van der Waals surface area contributed by atoms with E-state index in [1.54, 1.807) is 0 Å². The molecule has 0 saturated heterocycles. The molecule has 1 heterocycles. The van der Waals surface area contributed by atoms with Gasteiger partial charge in [0.05, 0.1) is 0 Å². The van der Waals surface area contributed by atoms with Gasteiger partial charge in [-0.1, -0.05) is 6.42 Å². The van der Waals surface area contributed by atoms with Gasteiger partial charge in [0.1, 0.15) is 0 Å². The molecule has 1 aromatic rings. The molecule has 0 unspecified atom stereocenters. The minimum atomic E-state index is -0.445. The molecule has 1 aromatic heterocycles. The van der Waals surface area contributed by atoms with Gasteiger partial charge in [0.2, 0.25) is 5.89 Å². The summed E-state index contributed by atoms with van der Waals surface area (Å²) in [5, 5.41) is 5.98. The third kappa shape index (κ3) is 1.34. The number of nitrogens with one attached hydrogen (secondary N) is 1. The fourth-order valence-electron chi connectivity index (χ4n) is 1.29. The number of H-pyrrole nitrogens is 1. The highest BCUT2D eigenvalue weighted by Crippen LogP contribution is 2.28. The molecular weight excluding hydrogens is 144 g/mol. The standard InChI is InChI=1S/C7H10N2O2/c10-7-9-8-6(11-7)4-5-2-1-3-5/h5H,1-4H2,(H,9,10). The fraction of sp³-hybridized carbons (Fsp3) is 0.714. The van der Waals surface area contributed by atoms with Crippen LogP contribution in [0.1, 0.15) is 25.2 Å². The zero-order chi connectivity index (χ0) is 7.68. The Hall–Kier alpha value is -1.06. The summed E-state index contributed by atoms with van der Waals surface area (Å²) in [4.78, 5) is 10.5. The van der Waals surface area contributed by atoms with E-state index in [1.165, 1.54) is 19.3 Å². The summed E-state index contributed by atoms with van der Waals surface area (Å²) in [6, 6.07) is 0. The van der Waals surface area contributed by atoms with Crippen molar-refractivity contribution >= 4 is 0 Å². The monoisotopic (exact) mass is 154 g/mol. The van der Waals surface area contributed by atoms with Gasteiger partial charge < -0.3 is 4.42 Å². The highest BCUT2D eigenvalue weighted by molar-refractivity contribution is 4.82. The molecule has 60 valence electrons. The van der Waals surface area contributed by atoms with Gasteiger partial charge in [-0.05, 0) is 18.8 Å². The Bertz CT molecular complexity index is 285. The predicted molar refractivity (Wildman–Crippen MR) is 38.2 cm³/mol. The highest BCUT2D eigenvalue weighted by atomic mass is 16.4. The smallest absolute Gasteiger partial charge is 0.392 e. The van der Waals surface area contributed by atoms with Crippen LogP contribution >= 0.6 is 0 Å². The second-order valence-corrected chi connectivity index (χ2v) is 3.01. The summed E-state index contributed by atoms with van der Waals surface area (Å²) in [5.74, 6) is 0.806. The largest absolute Gasteiger partial charge is 0.434 e. The van der Waals surface area contributed by atoms with Crippen LogP contribution in [0.3, 0.4) is 0 Å². The van der Waals surface area contributed by atoms with Crippen LogP contribution in [-0.2, 0) is 6.42 Å². The van der Waals surface area contributed by atoms with E-state index >= 15 is 0 Å². The van der Waals surface area contributed by atoms with Crippen LogP contribution in [-0.4, -0.2) is 10.2 Å². The lowest BCUT2D eigenvalue weighted by Gasteiger charge is -2.23. The van der Waals surface area contributed by atoms with Gasteiger partial charge in [0.25, 0.3) is 0 Å². The fourth-order valence-corrected chi connectivity index (χ4v) is 1.29. The molecule has 0 aromatic carbocycles. The first kappa shape index (κ1) is 6.64. The van der Waals surface area contributed by atoms with Crippen LogP contribution < -0.4 is 5.76 Å². The van der Waals surface area contributed by atoms with Crippen molar-refractivity contribution in [3.05, 3.63) is 16.4 Å². The third-order valence-corrected chi connectivity index (χ3v) is 2.17. The average Bonchev–Trinajstić information content (AvgIpc) is 2.27. The number of rotatable bonds is 2. The van der Waals surface area contributed by atoms with Crippen LogP contribution in [0.4, 0.5) is 0 Å². The van der Waals surface area contributed by atoms with Crippen molar-refractivity contribution in [2.24, 2.45) is 5.92 Å². The quantitative estimate of drug-likeness (QED) is 0.682. The Balaban J connectivity index is 2.00. The SMILES string of the molecule is O=c1[nH]nc(CC2CCC2)o1. The molecule has 1 fully saturated rings. The summed E-state index contributed by atoms with van der Waals surface area (Å²) in [5.41, 5.74) is 0. The second kappa shape index (κ2) is 2.53. The van der Waals surface area contributed by atoms with E-state index in [9.17, 15) is 4.79 Å². The second-order valence-electron chi connectivity index (χ2n) is 3.01. The molecule has 1 aliphatic rings. The highest BCUT2D eigenvalue weighted by Gasteiger charge is 2.19. The molecule has 0 atom stereocenters. The Labute approximate surface area is 63.6 Å². The molecule has 2 rings (SSSR count). The summed E-state index contributed by atoms with van der Waals surface area (Å²) >= 11 is 0. The van der Waals surface area contributed by atoms with Crippen molar-refractivity contribution in [2.75, 3.05) is 0 Å². The van der Waals surface area contributed by atoms with E-state index in [0.717, 1.165) is 6.42 Å². The van der Waals surface area contributed by atoms with E-state index in [-0.39, 0.29) is 0 Å². The van der Waals surface area contributed by atoms with Crippen LogP contribution in [0.25, 0.3) is 0 Å². The van der Waals surface area contributed by atoms with Gasteiger partial charge in [-0.15, -0.1) is 5.10 Å². The molecule has 0 aliphatic heterocycles. The lowest BCUT2D eigenvalue weighted by Crippen LogP contribution is -2.13. The van der Waals surface area contributed by atoms with Gasteiger partial charge in [-0.2, -0.15) is 0 Å². The maximum Gasteiger partial charge on any atom is 0.434 e. The number of hydrogen-bond acceptors (Lipinski definition) is 3. The van der Waals surface area contributed by atoms with Gasteiger partial charge >= 0.3 is 5.76 Å². The summed E-state index contributed by atoms with van der Waals surface area (Å²) < 4.78 is 4.77. The average molecular weight is 154 g/mol. The van der Waals surface area contributed by atoms with Crippen molar-refractivity contribution in [1.29, 1.82) is 0 Å². The minimum absolute atomic E-state index is 0.445. The Morgan fingerprint density at radius 1 is 1.64 bits per heavy atom. The zero-order valence-corrected chi connectivity index (χ0v) is 6.17. The predicted octanol–water partition coefficient (Wildman–Crippen LogP) is 0.705. The lowest BCUT2D eigenvalue weighted by atomic mass is 9.83. The molecule has 4 nitrogen and oxygen atoms in total. The number of hydrogen-bond donors (Lipinski definition) is 1. The molecule has 1 N–H and O–H groups in total. The zero-order valence-electron chi connectivity index (χ0n) is 6.17. The first-order valence-corrected chi connectivity index (χ1v) is 3.89. The van der Waals surface area contributed by atoms with E-state index in [0.29, 0.717) is 11.8 Å². The summed E-state index contributed by atoms with van der Waals surface area (Å²) in [6.45, 7) is 0. The third-order valence-electron chi connectivity index (χ3n) is 2.17. The Morgan fingerprint density at radius 3 is 2.91 bits per heavy atom. The molecule has 0 bridgehead atoms. The molecule has 0 spiro atoms. The maximum atomic E-state index is 10.5. The normalized spacial score (nSPS) is 18.2. The molecule has 11 heavy (non-hydrogen) atoms. The first-order valence-electron chi connectivity index (χ1n) is 3.89. The Morgan fingerprint density at radius 2 is 2.45 bits per heavy atom. The molecule has 0 radical (unpaired) electrons. The van der Waals surface area contributed by atoms with Crippen molar-refractivity contribution < 1.29 is 4.42 Å². The van der Waals surface area contributed by atoms with Crippen LogP contribution in [0.15, 0.2) is 9.21 Å². The van der Waals surface area contributed by atoms with E-state index in [2.05, 4.69) is 10.2 Å². The summed E-state index contributed by atoms with van der Waals surface area (Å²) in [7, 11) is 0. The van der Waals surface area contributed by atoms with E-state index in [1.807, 2.05) is 0 Å². The van der Waals surface area contributed by atoms with Crippen LogP contribution in [0, 0.1) is 5.92 Å². The van der Waals surface area contributed by atoms with Gasteiger partial charge in [-0.3, -0.25) is 0 Å². The first-order chi connectivity index (χ1) is 5.34. The topological polar surface area (TPSA) is 58.9 Å². The lowest BCUT2D eigenvalue weighted by molar-refractivity contribution is 0.287. The van der Waals surface area contributed by atoms with Crippen LogP contribution in [0.2, 0.25) is 0 Å². The molecular formula is C7H10N2O2. The van der Waals surface area contributed by atoms with Crippen molar-refractivity contribution in [3.8, 4) is 0 Å². The summed E-state index contributed by atoms with van der Waals surface area (Å²) in [6.07, 6.45) is 4.62. The van der Waals surface area contributed by atoms with Gasteiger partial charge in [-0.25, -0.2) is 9.89 Å². The maximum absolute atomic E-state index is 10.5. The number of aromatic amines is 1. The van der Waals surface area contributed by atoms with Crippen LogP contribution in [0.5, 0.6) is 0 Å². The van der Waals surface area contributed by atoms with Gasteiger partial charge in [0.15, 0.2) is 0 Å². The molecule has 1 aliphatic carbocycles. The van der Waals surface area contributed by atoms with Gasteiger partial charge in [0, 0.05) is 6.42 Å². The number of nitrogens with zero attached hydrogens (tertiary/aromatic N) is 1. The van der Waals surface area contributed by atoms with Crippen molar-refractivity contribution in [3.63, 3.8) is 0 Å². The Kier molecular flexibility index (Phi) is 1.52. The van der Waals surface area contributed by atoms with E-state index < -0.39 is 5.76 Å². The molecule has 4 heteroatoms. The van der Waals surface area contributed by atoms with Crippen molar-refractivity contribution in [2.45, 2.75) is 25.7 Å².